The van der Waals surface area contributed by atoms with Crippen LogP contribution >= 0.6 is 11.6 Å². The van der Waals surface area contributed by atoms with Crippen LogP contribution in [0.25, 0.3) is 5.69 Å². The molecule has 0 saturated carbocycles. The summed E-state index contributed by atoms with van der Waals surface area (Å²) >= 11 is 5.67. The minimum atomic E-state index is -0.443. The van der Waals surface area contributed by atoms with Crippen LogP contribution in [0.15, 0.2) is 18.2 Å². The number of rotatable bonds is 3. The van der Waals surface area contributed by atoms with Gasteiger partial charge in [0.05, 0.1) is 16.4 Å². The van der Waals surface area contributed by atoms with Gasteiger partial charge in [0, 0.05) is 11.8 Å². The Balaban J connectivity index is 2.50. The van der Waals surface area contributed by atoms with Crippen molar-refractivity contribution < 1.29 is 4.39 Å². The highest BCUT2D eigenvalue weighted by Crippen LogP contribution is 2.22. The molecule has 0 aliphatic rings. The van der Waals surface area contributed by atoms with E-state index in [4.69, 9.17) is 17.3 Å². The lowest BCUT2D eigenvalue weighted by Crippen LogP contribution is -2.05. The van der Waals surface area contributed by atoms with Gasteiger partial charge in [0.1, 0.15) is 5.82 Å². The molecule has 2 aromatic rings. The predicted molar refractivity (Wildman–Crippen MR) is 70.8 cm³/mol. The van der Waals surface area contributed by atoms with Gasteiger partial charge in [-0.15, -0.1) is 0 Å². The summed E-state index contributed by atoms with van der Waals surface area (Å²) in [5, 5.41) is 4.53. The zero-order valence-electron chi connectivity index (χ0n) is 10.4. The number of halogens is 2. The highest BCUT2D eigenvalue weighted by molar-refractivity contribution is 6.30. The fourth-order valence-electron chi connectivity index (χ4n) is 2.05. The van der Waals surface area contributed by atoms with Crippen LogP contribution in [-0.2, 0) is 6.42 Å². The molecule has 18 heavy (non-hydrogen) atoms. The van der Waals surface area contributed by atoms with E-state index in [1.54, 1.807) is 10.7 Å². The molecule has 0 unspecified atom stereocenters. The largest absolute Gasteiger partial charge is 0.330 e. The number of hydrogen-bond donors (Lipinski definition) is 1. The first-order valence-corrected chi connectivity index (χ1v) is 6.13. The Kier molecular flexibility index (Phi) is 3.68. The molecule has 0 bridgehead atoms. The molecular formula is C13H15ClFN3. The van der Waals surface area contributed by atoms with Crippen LogP contribution in [0.5, 0.6) is 0 Å². The van der Waals surface area contributed by atoms with Crippen molar-refractivity contribution in [1.82, 2.24) is 9.78 Å². The summed E-state index contributed by atoms with van der Waals surface area (Å²) in [4.78, 5) is 0. The molecule has 1 heterocycles. The molecule has 0 aliphatic heterocycles. The van der Waals surface area contributed by atoms with Gasteiger partial charge in [-0.3, -0.25) is 0 Å². The molecule has 2 rings (SSSR count). The summed E-state index contributed by atoms with van der Waals surface area (Å²) < 4.78 is 15.2. The Morgan fingerprint density at radius 1 is 1.39 bits per heavy atom. The average Bonchev–Trinajstić information content (AvgIpc) is 2.61. The van der Waals surface area contributed by atoms with Gasteiger partial charge in [-0.2, -0.15) is 5.10 Å². The number of nitrogens with two attached hydrogens (primary N) is 1. The highest BCUT2D eigenvalue weighted by atomic mass is 35.5. The summed E-state index contributed by atoms with van der Waals surface area (Å²) in [6, 6.07) is 4.66. The van der Waals surface area contributed by atoms with Crippen molar-refractivity contribution in [3.63, 3.8) is 0 Å². The molecular weight excluding hydrogens is 253 g/mol. The zero-order valence-corrected chi connectivity index (χ0v) is 11.1. The van der Waals surface area contributed by atoms with Gasteiger partial charge < -0.3 is 5.73 Å². The molecule has 0 aliphatic carbocycles. The lowest BCUT2D eigenvalue weighted by Gasteiger charge is -2.06. The van der Waals surface area contributed by atoms with E-state index in [-0.39, 0.29) is 5.02 Å². The van der Waals surface area contributed by atoms with Crippen molar-refractivity contribution in [2.24, 2.45) is 5.73 Å². The van der Waals surface area contributed by atoms with Crippen molar-refractivity contribution in [2.75, 3.05) is 6.54 Å². The molecule has 0 radical (unpaired) electrons. The quantitative estimate of drug-likeness (QED) is 0.929. The van der Waals surface area contributed by atoms with E-state index in [2.05, 4.69) is 5.10 Å². The van der Waals surface area contributed by atoms with Gasteiger partial charge in [0.25, 0.3) is 0 Å². The fourth-order valence-corrected chi connectivity index (χ4v) is 2.17. The first-order valence-electron chi connectivity index (χ1n) is 5.75. The molecule has 3 nitrogen and oxygen atoms in total. The molecule has 5 heteroatoms. The normalized spacial score (nSPS) is 10.9. The Morgan fingerprint density at radius 2 is 2.11 bits per heavy atom. The molecule has 96 valence electrons. The summed E-state index contributed by atoms with van der Waals surface area (Å²) in [6.07, 6.45) is 0.772. The molecule has 0 amide bonds. The van der Waals surface area contributed by atoms with Crippen molar-refractivity contribution in [2.45, 2.75) is 20.3 Å². The van der Waals surface area contributed by atoms with E-state index < -0.39 is 5.82 Å². The predicted octanol–water partition coefficient (Wildman–Crippen LogP) is 2.78. The van der Waals surface area contributed by atoms with Gasteiger partial charge >= 0.3 is 0 Å². The van der Waals surface area contributed by atoms with E-state index in [0.717, 1.165) is 23.4 Å². The summed E-state index contributed by atoms with van der Waals surface area (Å²) in [5.41, 5.74) is 9.27. The number of nitrogens with zero attached hydrogens (tertiary/aromatic N) is 2. The third-order valence-electron chi connectivity index (χ3n) is 2.98. The number of aryl methyl sites for hydroxylation is 1. The third-order valence-corrected chi connectivity index (χ3v) is 3.29. The highest BCUT2D eigenvalue weighted by Gasteiger charge is 2.13. The Hall–Kier alpha value is -1.39. The van der Waals surface area contributed by atoms with Crippen LogP contribution in [0.2, 0.25) is 5.02 Å². The van der Waals surface area contributed by atoms with Gasteiger partial charge in [-0.25, -0.2) is 9.07 Å². The minimum absolute atomic E-state index is 0.113. The maximum Gasteiger partial charge on any atom is 0.143 e. The van der Waals surface area contributed by atoms with E-state index in [1.807, 2.05) is 13.8 Å². The topological polar surface area (TPSA) is 43.8 Å². The first-order chi connectivity index (χ1) is 8.54. The molecule has 1 aromatic heterocycles. The second-order valence-corrected chi connectivity index (χ2v) is 4.61. The minimum Gasteiger partial charge on any atom is -0.330 e. The van der Waals surface area contributed by atoms with E-state index in [9.17, 15) is 4.39 Å². The molecule has 0 atom stereocenters. The Bertz CT molecular complexity index is 578. The van der Waals surface area contributed by atoms with Crippen LogP contribution in [0.4, 0.5) is 4.39 Å². The van der Waals surface area contributed by atoms with Crippen LogP contribution in [0.3, 0.4) is 0 Å². The zero-order chi connectivity index (χ0) is 13.3. The Morgan fingerprint density at radius 3 is 2.72 bits per heavy atom. The van der Waals surface area contributed by atoms with Crippen LogP contribution in [0, 0.1) is 19.7 Å². The van der Waals surface area contributed by atoms with Crippen LogP contribution in [0.1, 0.15) is 17.0 Å². The van der Waals surface area contributed by atoms with E-state index in [1.165, 1.54) is 12.1 Å². The maximum absolute atomic E-state index is 13.5. The number of benzene rings is 1. The van der Waals surface area contributed by atoms with Gasteiger partial charge in [-0.1, -0.05) is 11.6 Å². The van der Waals surface area contributed by atoms with Crippen molar-refractivity contribution >= 4 is 11.6 Å². The Labute approximate surface area is 110 Å². The molecule has 0 spiro atoms. The molecule has 2 N–H and O–H groups in total. The lowest BCUT2D eigenvalue weighted by atomic mass is 10.1. The number of hydrogen-bond acceptors (Lipinski definition) is 2. The van der Waals surface area contributed by atoms with Crippen molar-refractivity contribution in [3.8, 4) is 5.69 Å². The maximum atomic E-state index is 13.5. The average molecular weight is 268 g/mol. The molecule has 1 aromatic carbocycles. The monoisotopic (exact) mass is 267 g/mol. The van der Waals surface area contributed by atoms with Crippen molar-refractivity contribution in [1.29, 1.82) is 0 Å². The fraction of sp³-hybridized carbons (Fsp3) is 0.308. The molecule has 0 fully saturated rings. The van der Waals surface area contributed by atoms with E-state index in [0.29, 0.717) is 12.2 Å². The van der Waals surface area contributed by atoms with Gasteiger partial charge in [-0.05, 0) is 44.5 Å². The van der Waals surface area contributed by atoms with E-state index >= 15 is 0 Å². The van der Waals surface area contributed by atoms with Gasteiger partial charge in [0.15, 0.2) is 0 Å². The first kappa shape index (κ1) is 13.1. The summed E-state index contributed by atoms with van der Waals surface area (Å²) in [5.74, 6) is -0.443. The summed E-state index contributed by atoms with van der Waals surface area (Å²) in [7, 11) is 0. The lowest BCUT2D eigenvalue weighted by molar-refractivity contribution is 0.625. The summed E-state index contributed by atoms with van der Waals surface area (Å²) in [6.45, 7) is 4.46. The third kappa shape index (κ3) is 2.26. The van der Waals surface area contributed by atoms with Crippen LogP contribution < -0.4 is 5.73 Å². The standard InChI is InChI=1S/C13H15ClFN3/c1-8-11(5-6-16)9(2)18(17-8)10-3-4-12(14)13(15)7-10/h3-4,7H,5-6,16H2,1-2H3. The van der Waals surface area contributed by atoms with Crippen LogP contribution in [-0.4, -0.2) is 16.3 Å². The van der Waals surface area contributed by atoms with Crippen molar-refractivity contribution in [3.05, 3.63) is 46.0 Å². The smallest absolute Gasteiger partial charge is 0.143 e. The van der Waals surface area contributed by atoms with Gasteiger partial charge in [0.2, 0.25) is 0 Å². The second-order valence-electron chi connectivity index (χ2n) is 4.20. The molecule has 0 saturated heterocycles. The number of aromatic nitrogens is 2. The second kappa shape index (κ2) is 5.08. The SMILES string of the molecule is Cc1nn(-c2ccc(Cl)c(F)c2)c(C)c1CCN.